The maximum absolute atomic E-state index is 11.6. The smallest absolute Gasteiger partial charge is 0.353 e. The van der Waals surface area contributed by atoms with Gasteiger partial charge in [0.1, 0.15) is 6.33 Å². The van der Waals surface area contributed by atoms with E-state index in [1.807, 2.05) is 30.3 Å². The van der Waals surface area contributed by atoms with E-state index in [4.69, 9.17) is 0 Å². The maximum Gasteiger partial charge on any atom is 0.353 e. The second-order valence-electron chi connectivity index (χ2n) is 6.10. The van der Waals surface area contributed by atoms with Crippen LogP contribution in [0.25, 0.3) is 0 Å². The van der Waals surface area contributed by atoms with Gasteiger partial charge in [0.05, 0.1) is 4.92 Å². The topological polar surface area (TPSA) is 110 Å². The molecule has 0 radical (unpaired) electrons. The van der Waals surface area contributed by atoms with Crippen molar-refractivity contribution in [2.75, 3.05) is 17.2 Å². The second kappa shape index (κ2) is 8.72. The largest absolute Gasteiger partial charge is 0.364 e. The predicted octanol–water partition coefficient (Wildman–Crippen LogP) is 3.99. The molecule has 142 valence electrons. The molecule has 1 heterocycles. The summed E-state index contributed by atoms with van der Waals surface area (Å²) in [6.07, 6.45) is 1.96. The van der Waals surface area contributed by atoms with Crippen molar-refractivity contribution in [2.45, 2.75) is 13.3 Å². The van der Waals surface area contributed by atoms with Crippen LogP contribution in [0.1, 0.15) is 22.8 Å². The van der Waals surface area contributed by atoms with Crippen LogP contribution in [-0.2, 0) is 6.42 Å². The first-order valence-electron chi connectivity index (χ1n) is 8.70. The van der Waals surface area contributed by atoms with E-state index in [-0.39, 0.29) is 23.1 Å². The maximum atomic E-state index is 11.6. The van der Waals surface area contributed by atoms with Crippen molar-refractivity contribution < 1.29 is 9.72 Å². The number of aromatic nitrogens is 2. The molecule has 0 saturated carbocycles. The standard InChI is InChI=1S/C20H19N5O3/c1-14(26)16-8-5-9-17(12-16)24-20-18(25(27)28)19(22-13-23-20)21-11-10-15-6-3-2-4-7-15/h2-9,12-13H,10-11H2,1H3,(H2,21,22,23,24). The zero-order chi connectivity index (χ0) is 19.9. The Balaban J connectivity index is 1.80. The molecule has 0 spiro atoms. The van der Waals surface area contributed by atoms with Gasteiger partial charge in [-0.15, -0.1) is 0 Å². The van der Waals surface area contributed by atoms with Crippen LogP contribution in [0.5, 0.6) is 0 Å². The molecule has 0 atom stereocenters. The molecule has 8 nitrogen and oxygen atoms in total. The summed E-state index contributed by atoms with van der Waals surface area (Å²) in [6, 6.07) is 16.5. The molecule has 0 aliphatic rings. The summed E-state index contributed by atoms with van der Waals surface area (Å²) in [5.41, 5.74) is 1.91. The number of hydrogen-bond acceptors (Lipinski definition) is 7. The number of Topliss-reactive ketones (excluding diaryl/α,β-unsaturated/α-hetero) is 1. The van der Waals surface area contributed by atoms with E-state index in [1.54, 1.807) is 24.3 Å². The van der Waals surface area contributed by atoms with Gasteiger partial charge in [-0.05, 0) is 31.0 Å². The van der Waals surface area contributed by atoms with E-state index < -0.39 is 4.92 Å². The summed E-state index contributed by atoms with van der Waals surface area (Å²) in [5.74, 6) is 0.105. The van der Waals surface area contributed by atoms with Crippen LogP contribution in [0.3, 0.4) is 0 Å². The minimum absolute atomic E-state index is 0.0583. The molecule has 0 amide bonds. The first-order chi connectivity index (χ1) is 13.5. The molecular weight excluding hydrogens is 358 g/mol. The fourth-order valence-corrected chi connectivity index (χ4v) is 2.70. The fourth-order valence-electron chi connectivity index (χ4n) is 2.70. The van der Waals surface area contributed by atoms with Gasteiger partial charge in [-0.25, -0.2) is 9.97 Å². The van der Waals surface area contributed by atoms with Gasteiger partial charge >= 0.3 is 5.69 Å². The second-order valence-corrected chi connectivity index (χ2v) is 6.10. The number of benzene rings is 2. The minimum Gasteiger partial charge on any atom is -0.364 e. The molecule has 0 saturated heterocycles. The van der Waals surface area contributed by atoms with Gasteiger partial charge in [0, 0.05) is 17.8 Å². The monoisotopic (exact) mass is 377 g/mol. The summed E-state index contributed by atoms with van der Waals surface area (Å²) < 4.78 is 0. The molecule has 0 bridgehead atoms. The molecule has 0 unspecified atom stereocenters. The zero-order valence-corrected chi connectivity index (χ0v) is 15.3. The van der Waals surface area contributed by atoms with Gasteiger partial charge in [-0.2, -0.15) is 0 Å². The van der Waals surface area contributed by atoms with E-state index >= 15 is 0 Å². The molecule has 1 aromatic heterocycles. The van der Waals surface area contributed by atoms with Crippen LogP contribution < -0.4 is 10.6 Å². The van der Waals surface area contributed by atoms with Crippen molar-refractivity contribution in [3.8, 4) is 0 Å². The Hall–Kier alpha value is -3.81. The summed E-state index contributed by atoms with van der Waals surface area (Å²) in [6.45, 7) is 1.95. The SMILES string of the molecule is CC(=O)c1cccc(Nc2ncnc(NCCc3ccccc3)c2[N+](=O)[O-])c1. The average Bonchev–Trinajstić information content (AvgIpc) is 2.69. The van der Waals surface area contributed by atoms with Crippen molar-refractivity contribution in [3.05, 3.63) is 82.2 Å². The highest BCUT2D eigenvalue weighted by molar-refractivity contribution is 5.95. The van der Waals surface area contributed by atoms with Crippen LogP contribution in [0.4, 0.5) is 23.0 Å². The normalized spacial score (nSPS) is 10.3. The van der Waals surface area contributed by atoms with Gasteiger partial charge in [0.25, 0.3) is 0 Å². The van der Waals surface area contributed by atoms with Crippen LogP contribution in [0.2, 0.25) is 0 Å². The van der Waals surface area contributed by atoms with Crippen molar-refractivity contribution in [1.29, 1.82) is 0 Å². The molecule has 2 N–H and O–H groups in total. The number of rotatable bonds is 8. The first-order valence-corrected chi connectivity index (χ1v) is 8.70. The lowest BCUT2D eigenvalue weighted by Crippen LogP contribution is -2.10. The van der Waals surface area contributed by atoms with Crippen LogP contribution in [-0.4, -0.2) is 27.2 Å². The fraction of sp³-hybridized carbons (Fsp3) is 0.150. The highest BCUT2D eigenvalue weighted by Crippen LogP contribution is 2.31. The van der Waals surface area contributed by atoms with Crippen LogP contribution >= 0.6 is 0 Å². The number of hydrogen-bond donors (Lipinski definition) is 2. The number of ketones is 1. The van der Waals surface area contributed by atoms with Gasteiger partial charge in [0.15, 0.2) is 5.78 Å². The van der Waals surface area contributed by atoms with Crippen LogP contribution in [0.15, 0.2) is 60.9 Å². The van der Waals surface area contributed by atoms with E-state index in [0.717, 1.165) is 5.56 Å². The highest BCUT2D eigenvalue weighted by Gasteiger charge is 2.23. The first kappa shape index (κ1) is 19.0. The van der Waals surface area contributed by atoms with Crippen molar-refractivity contribution in [2.24, 2.45) is 0 Å². The third-order valence-electron chi connectivity index (χ3n) is 4.09. The van der Waals surface area contributed by atoms with Gasteiger partial charge in [-0.1, -0.05) is 42.5 Å². The number of carbonyl (C=O) groups excluding carboxylic acids is 1. The van der Waals surface area contributed by atoms with E-state index in [9.17, 15) is 14.9 Å². The number of nitrogens with one attached hydrogen (secondary N) is 2. The van der Waals surface area contributed by atoms with Gasteiger partial charge < -0.3 is 10.6 Å². The summed E-state index contributed by atoms with van der Waals surface area (Å²) >= 11 is 0. The molecule has 8 heteroatoms. The lowest BCUT2D eigenvalue weighted by atomic mass is 10.1. The molecule has 28 heavy (non-hydrogen) atoms. The van der Waals surface area contributed by atoms with Crippen molar-refractivity contribution >= 4 is 28.8 Å². The Kier molecular flexibility index (Phi) is 5.91. The molecule has 3 aromatic rings. The minimum atomic E-state index is -0.526. The number of nitro groups is 1. The lowest BCUT2D eigenvalue weighted by molar-refractivity contribution is -0.383. The van der Waals surface area contributed by atoms with Gasteiger partial charge in [-0.3, -0.25) is 14.9 Å². The Bertz CT molecular complexity index is 992. The molecule has 2 aromatic carbocycles. The van der Waals surface area contributed by atoms with Crippen molar-refractivity contribution in [3.63, 3.8) is 0 Å². The summed E-state index contributed by atoms with van der Waals surface area (Å²) in [7, 11) is 0. The molecule has 0 fully saturated rings. The van der Waals surface area contributed by atoms with E-state index in [0.29, 0.717) is 24.2 Å². The number of carbonyl (C=O) groups is 1. The zero-order valence-electron chi connectivity index (χ0n) is 15.3. The molecular formula is C20H19N5O3. The van der Waals surface area contributed by atoms with E-state index in [1.165, 1.54) is 13.3 Å². The van der Waals surface area contributed by atoms with Crippen molar-refractivity contribution in [1.82, 2.24) is 9.97 Å². The van der Waals surface area contributed by atoms with Gasteiger partial charge in [0.2, 0.25) is 11.6 Å². The molecule has 3 rings (SSSR count). The molecule has 0 aliphatic heterocycles. The van der Waals surface area contributed by atoms with Crippen LogP contribution in [0, 0.1) is 10.1 Å². The predicted molar refractivity (Wildman–Crippen MR) is 107 cm³/mol. The Morgan fingerprint density at radius 1 is 1.07 bits per heavy atom. The Morgan fingerprint density at radius 3 is 2.54 bits per heavy atom. The lowest BCUT2D eigenvalue weighted by Gasteiger charge is -2.10. The number of anilines is 3. The Morgan fingerprint density at radius 2 is 1.82 bits per heavy atom. The Labute approximate surface area is 161 Å². The quantitative estimate of drug-likeness (QED) is 0.347. The van der Waals surface area contributed by atoms with E-state index in [2.05, 4.69) is 20.6 Å². The molecule has 0 aliphatic carbocycles. The highest BCUT2D eigenvalue weighted by atomic mass is 16.6. The summed E-state index contributed by atoms with van der Waals surface area (Å²) in [4.78, 5) is 30.7. The third-order valence-corrected chi connectivity index (χ3v) is 4.09. The average molecular weight is 377 g/mol. The third kappa shape index (κ3) is 4.67. The number of nitrogens with zero attached hydrogens (tertiary/aromatic N) is 3. The summed E-state index contributed by atoms with van der Waals surface area (Å²) in [5, 5.41) is 17.6.